The van der Waals surface area contributed by atoms with Crippen LogP contribution < -0.4 is 26.3 Å². The van der Waals surface area contributed by atoms with Crippen molar-refractivity contribution in [1.82, 2.24) is 18.9 Å². The largest absolute Gasteiger partial charge is 0.504 e. The molecule has 2 N–H and O–H groups in total. The molecular formula is C40H33Cl2N5O7. The van der Waals surface area contributed by atoms with Gasteiger partial charge in [0.25, 0.3) is 11.8 Å². The molecule has 1 saturated carbocycles. The molecule has 2 fully saturated rings. The molecule has 0 bridgehead atoms. The van der Waals surface area contributed by atoms with Crippen LogP contribution in [-0.4, -0.2) is 50.1 Å². The van der Waals surface area contributed by atoms with E-state index >= 15 is 4.79 Å². The van der Waals surface area contributed by atoms with Gasteiger partial charge in [-0.05, 0) is 77.7 Å². The number of hydrogen-bond donors (Lipinski definition) is 2. The van der Waals surface area contributed by atoms with Gasteiger partial charge >= 0.3 is 11.4 Å². The summed E-state index contributed by atoms with van der Waals surface area (Å²) in [5.41, 5.74) is 2.93. The summed E-state index contributed by atoms with van der Waals surface area (Å²) in [6.07, 6.45) is 5.53. The molecule has 274 valence electrons. The van der Waals surface area contributed by atoms with E-state index in [1.54, 1.807) is 84.9 Å². The Morgan fingerprint density at radius 1 is 0.889 bits per heavy atom. The molecule has 1 saturated heterocycles. The number of allylic oxidation sites excluding steroid dienone is 3. The summed E-state index contributed by atoms with van der Waals surface area (Å²) in [7, 11) is 2.98. The number of halogens is 2. The van der Waals surface area contributed by atoms with Gasteiger partial charge in [-0.3, -0.25) is 15.0 Å². The molecule has 14 heteroatoms. The van der Waals surface area contributed by atoms with Crippen molar-refractivity contribution in [3.8, 4) is 22.9 Å². The number of amides is 2. The number of nitrogens with zero attached hydrogens (tertiary/aromatic N) is 4. The number of ether oxygens (including phenoxy) is 2. The van der Waals surface area contributed by atoms with Gasteiger partial charge in [0.1, 0.15) is 5.75 Å². The number of benzene rings is 4. The van der Waals surface area contributed by atoms with Crippen LogP contribution in [0.5, 0.6) is 17.2 Å². The first-order valence-electron chi connectivity index (χ1n) is 17.1. The van der Waals surface area contributed by atoms with Crippen molar-refractivity contribution in [3.63, 3.8) is 0 Å². The van der Waals surface area contributed by atoms with Crippen molar-refractivity contribution in [2.24, 2.45) is 11.8 Å². The smallest absolute Gasteiger partial charge is 0.352 e. The van der Waals surface area contributed by atoms with Gasteiger partial charge in [-0.2, -0.15) is 5.01 Å². The fourth-order valence-corrected chi connectivity index (χ4v) is 8.60. The summed E-state index contributed by atoms with van der Waals surface area (Å²) in [6.45, 7) is 0.0466. The predicted molar refractivity (Wildman–Crippen MR) is 203 cm³/mol. The average molecular weight is 767 g/mol. The second-order valence-electron chi connectivity index (χ2n) is 13.3. The van der Waals surface area contributed by atoms with Crippen LogP contribution in [0, 0.1) is 11.8 Å². The highest BCUT2D eigenvalue weighted by Gasteiger charge is 2.68. The van der Waals surface area contributed by atoms with Gasteiger partial charge in [0.2, 0.25) is 0 Å². The molecule has 4 aromatic carbocycles. The van der Waals surface area contributed by atoms with E-state index < -0.39 is 46.5 Å². The number of phenols is 1. The summed E-state index contributed by atoms with van der Waals surface area (Å²) < 4.78 is 14.7. The number of imide groups is 1. The Kier molecular flexibility index (Phi) is 8.74. The van der Waals surface area contributed by atoms with Crippen LogP contribution in [0.1, 0.15) is 23.6 Å². The van der Waals surface area contributed by atoms with E-state index in [1.165, 1.54) is 35.7 Å². The minimum Gasteiger partial charge on any atom is -0.504 e. The van der Waals surface area contributed by atoms with Crippen molar-refractivity contribution in [2.45, 2.75) is 24.4 Å². The maximum atomic E-state index is 15.3. The number of anilines is 1. The van der Waals surface area contributed by atoms with Gasteiger partial charge in [-0.25, -0.2) is 23.5 Å². The molecule has 0 spiro atoms. The predicted octanol–water partition coefficient (Wildman–Crippen LogP) is 5.99. The number of carbonyl (C=O) groups is 2. The van der Waals surface area contributed by atoms with Gasteiger partial charge in [-0.1, -0.05) is 77.8 Å². The second kappa shape index (κ2) is 13.5. The fraction of sp³-hybridized carbons (Fsp3) is 0.200. The van der Waals surface area contributed by atoms with E-state index in [9.17, 15) is 19.5 Å². The standard InChI is InChI=1S/C40H33Cl2N5O7/c1-53-27-13-10-24(11-14-27)40-29(15-8-23-9-17-34(48)35(20-23)54-2)28-18-19-44-38(51)45(26-6-4-3-5-7-26)39(52)47(44)33(28)22-30(40)36(49)46(37(40)50)43-32-16-12-25(41)21-31(32)42/h3-18,20-21,29-30,33,43,48H,19,22H2,1-2H3/t29-,30-,33+,40-/m0/s1. The van der Waals surface area contributed by atoms with Gasteiger partial charge in [-0.15, -0.1) is 0 Å². The number of hydrazine groups is 1. The SMILES string of the molecule is COc1ccc([C@@]23C(=O)N(Nc4ccc(Cl)cc4Cl)C(=O)[C@@H]2C[C@@H]2C(=CCn4c(=O)n(-c5ccccc5)c(=O)n42)[C@@H]3C=Cc2ccc(O)c(OC)c2)cc1. The van der Waals surface area contributed by atoms with Crippen molar-refractivity contribution < 1.29 is 24.2 Å². The zero-order chi connectivity index (χ0) is 37.9. The highest BCUT2D eigenvalue weighted by Crippen LogP contribution is 2.59. The fourth-order valence-electron chi connectivity index (χ4n) is 8.15. The lowest BCUT2D eigenvalue weighted by Crippen LogP contribution is -2.54. The third-order valence-corrected chi connectivity index (χ3v) is 11.2. The Hall–Kier alpha value is -5.98. The summed E-state index contributed by atoms with van der Waals surface area (Å²) >= 11 is 12.7. The first-order chi connectivity index (χ1) is 26.1. The maximum Gasteiger partial charge on any atom is 0.352 e. The first kappa shape index (κ1) is 35.1. The molecule has 5 aromatic rings. The van der Waals surface area contributed by atoms with Crippen LogP contribution in [0.4, 0.5) is 5.69 Å². The van der Waals surface area contributed by atoms with Crippen molar-refractivity contribution in [2.75, 3.05) is 19.6 Å². The average Bonchev–Trinajstić information content (AvgIpc) is 3.56. The lowest BCUT2D eigenvalue weighted by molar-refractivity contribution is -0.138. The quantitative estimate of drug-likeness (QED) is 0.145. The van der Waals surface area contributed by atoms with Gasteiger partial charge in [0, 0.05) is 10.9 Å². The monoisotopic (exact) mass is 765 g/mol. The topological polar surface area (TPSA) is 137 Å². The number of hydrogen-bond acceptors (Lipinski definition) is 8. The Balaban J connectivity index is 1.35. The molecule has 4 atom stereocenters. The number of phenolic OH excluding ortho intramolecular Hbond substituents is 1. The molecule has 1 aliphatic carbocycles. The number of fused-ring (bicyclic) bond motifs is 4. The molecule has 0 radical (unpaired) electrons. The first-order valence-corrected chi connectivity index (χ1v) is 17.8. The third-order valence-electron chi connectivity index (χ3n) is 10.6. The summed E-state index contributed by atoms with van der Waals surface area (Å²) in [5.74, 6) is -2.18. The Morgan fingerprint density at radius 3 is 2.35 bits per heavy atom. The summed E-state index contributed by atoms with van der Waals surface area (Å²) in [4.78, 5) is 58.3. The lowest BCUT2D eigenvalue weighted by Gasteiger charge is -2.47. The van der Waals surface area contributed by atoms with Gasteiger partial charge in [0.15, 0.2) is 11.5 Å². The summed E-state index contributed by atoms with van der Waals surface area (Å²) in [5, 5.41) is 11.9. The Bertz CT molecular complexity index is 2510. The highest BCUT2D eigenvalue weighted by atomic mass is 35.5. The molecule has 0 unspecified atom stereocenters. The number of aromatic hydroxyl groups is 1. The van der Waals surface area contributed by atoms with Crippen LogP contribution >= 0.6 is 23.2 Å². The van der Waals surface area contributed by atoms with E-state index in [2.05, 4.69) is 5.43 Å². The second-order valence-corrected chi connectivity index (χ2v) is 14.1. The van der Waals surface area contributed by atoms with E-state index in [1.807, 2.05) is 12.2 Å². The van der Waals surface area contributed by atoms with Crippen molar-refractivity contribution in [3.05, 3.63) is 151 Å². The van der Waals surface area contributed by atoms with Crippen LogP contribution in [0.3, 0.4) is 0 Å². The number of aromatic nitrogens is 3. The van der Waals surface area contributed by atoms with E-state index in [4.69, 9.17) is 32.7 Å². The molecule has 2 aliphatic heterocycles. The minimum atomic E-state index is -1.54. The molecule has 3 heterocycles. The number of nitrogens with one attached hydrogen (secondary N) is 1. The van der Waals surface area contributed by atoms with Crippen LogP contribution in [0.25, 0.3) is 11.8 Å². The molecule has 54 heavy (non-hydrogen) atoms. The van der Waals surface area contributed by atoms with E-state index in [0.29, 0.717) is 33.2 Å². The highest BCUT2D eigenvalue weighted by molar-refractivity contribution is 6.36. The normalized spacial score (nSPS) is 21.7. The third kappa shape index (κ3) is 5.35. The van der Waals surface area contributed by atoms with E-state index in [-0.39, 0.29) is 35.2 Å². The zero-order valence-corrected chi connectivity index (χ0v) is 30.5. The van der Waals surface area contributed by atoms with Crippen molar-refractivity contribution in [1.29, 1.82) is 0 Å². The summed E-state index contributed by atoms with van der Waals surface area (Å²) in [6, 6.07) is 24.4. The molecule has 2 amide bonds. The van der Waals surface area contributed by atoms with Crippen molar-refractivity contribution >= 4 is 46.8 Å². The van der Waals surface area contributed by atoms with Crippen LogP contribution in [0.2, 0.25) is 10.0 Å². The van der Waals surface area contributed by atoms with Crippen LogP contribution in [-0.2, 0) is 21.5 Å². The minimum absolute atomic E-state index is 0.0183. The number of carbonyl (C=O) groups excluding carboxylic acids is 2. The van der Waals surface area contributed by atoms with Crippen LogP contribution in [0.15, 0.2) is 118 Å². The van der Waals surface area contributed by atoms with Gasteiger partial charge in [0.05, 0.1) is 54.5 Å². The Morgan fingerprint density at radius 2 is 1.65 bits per heavy atom. The molecule has 1 aromatic heterocycles. The van der Waals surface area contributed by atoms with E-state index in [0.717, 1.165) is 9.58 Å². The zero-order valence-electron chi connectivity index (χ0n) is 29.0. The lowest BCUT2D eigenvalue weighted by atomic mass is 9.54. The molecule has 12 nitrogen and oxygen atoms in total. The molecule has 8 rings (SSSR count). The number of methoxy groups -OCH3 is 2. The van der Waals surface area contributed by atoms with Gasteiger partial charge < -0.3 is 14.6 Å². The Labute approximate surface area is 318 Å². The maximum absolute atomic E-state index is 15.3. The molecule has 3 aliphatic rings. The number of para-hydroxylation sites is 1. The molecular weight excluding hydrogens is 733 g/mol. The number of rotatable bonds is 8.